The van der Waals surface area contributed by atoms with Crippen molar-refractivity contribution >= 4 is 17.5 Å². The first-order chi connectivity index (χ1) is 6.25. The van der Waals surface area contributed by atoms with Gasteiger partial charge >= 0.3 is 0 Å². The number of hydrogen-bond donors (Lipinski definition) is 1. The van der Waals surface area contributed by atoms with Crippen LogP contribution in [0.25, 0.3) is 0 Å². The van der Waals surface area contributed by atoms with Gasteiger partial charge in [0.2, 0.25) is 5.76 Å². The van der Waals surface area contributed by atoms with Crippen LogP contribution in [0.15, 0.2) is 16.7 Å². The van der Waals surface area contributed by atoms with E-state index in [1.165, 1.54) is 12.3 Å². The zero-order chi connectivity index (χ0) is 9.68. The van der Waals surface area contributed by atoms with E-state index in [1.54, 1.807) is 0 Å². The van der Waals surface area contributed by atoms with E-state index in [-0.39, 0.29) is 11.7 Å². The van der Waals surface area contributed by atoms with Crippen molar-refractivity contribution in [2.75, 3.05) is 6.54 Å². The highest BCUT2D eigenvalue weighted by molar-refractivity contribution is 6.33. The summed E-state index contributed by atoms with van der Waals surface area (Å²) in [5.41, 5.74) is 0. The van der Waals surface area contributed by atoms with E-state index >= 15 is 0 Å². The summed E-state index contributed by atoms with van der Waals surface area (Å²) < 4.78 is 4.86. The third kappa shape index (κ3) is 2.53. The number of rotatable bonds is 3. The molecule has 0 bridgehead atoms. The molecule has 0 atom stereocenters. The highest BCUT2D eigenvalue weighted by Gasteiger charge is 2.12. The van der Waals surface area contributed by atoms with Crippen LogP contribution in [0.4, 0.5) is 0 Å². The molecule has 0 saturated heterocycles. The monoisotopic (exact) mass is 197 g/mol. The van der Waals surface area contributed by atoms with Gasteiger partial charge in [-0.2, -0.15) is 0 Å². The molecule has 1 amide bonds. The van der Waals surface area contributed by atoms with Gasteiger partial charge < -0.3 is 9.73 Å². The Hall–Kier alpha value is -1.40. The topological polar surface area (TPSA) is 42.2 Å². The molecule has 13 heavy (non-hydrogen) atoms. The molecule has 1 rings (SSSR count). The number of halogens is 1. The molecule has 0 unspecified atom stereocenters. The Morgan fingerprint density at radius 1 is 1.77 bits per heavy atom. The van der Waals surface area contributed by atoms with Crippen molar-refractivity contribution in [1.82, 2.24) is 5.32 Å². The highest BCUT2D eigenvalue weighted by atomic mass is 35.5. The maximum Gasteiger partial charge on any atom is 0.288 e. The second-order valence-corrected chi connectivity index (χ2v) is 2.71. The lowest BCUT2D eigenvalue weighted by Gasteiger charge is -1.99. The van der Waals surface area contributed by atoms with Crippen LogP contribution >= 0.6 is 11.6 Å². The summed E-state index contributed by atoms with van der Waals surface area (Å²) in [4.78, 5) is 11.2. The fraction of sp³-hybridized carbons (Fsp3) is 0.222. The average molecular weight is 198 g/mol. The van der Waals surface area contributed by atoms with E-state index in [0.29, 0.717) is 18.0 Å². The molecule has 0 aliphatic carbocycles. The van der Waals surface area contributed by atoms with Crippen LogP contribution in [0.5, 0.6) is 0 Å². The van der Waals surface area contributed by atoms with Crippen molar-refractivity contribution in [2.45, 2.75) is 6.42 Å². The molecule has 3 nitrogen and oxygen atoms in total. The number of nitrogens with one attached hydrogen (secondary N) is 1. The molecule has 0 saturated carbocycles. The van der Waals surface area contributed by atoms with Gasteiger partial charge in [-0.15, -0.1) is 12.3 Å². The van der Waals surface area contributed by atoms with Gasteiger partial charge in [-0.3, -0.25) is 4.79 Å². The van der Waals surface area contributed by atoms with Crippen molar-refractivity contribution in [2.24, 2.45) is 0 Å². The van der Waals surface area contributed by atoms with Crippen LogP contribution < -0.4 is 5.32 Å². The maximum atomic E-state index is 11.2. The van der Waals surface area contributed by atoms with Gasteiger partial charge in [-0.05, 0) is 6.07 Å². The highest BCUT2D eigenvalue weighted by Crippen LogP contribution is 2.15. The first kappa shape index (κ1) is 9.69. The van der Waals surface area contributed by atoms with Crippen LogP contribution in [-0.4, -0.2) is 12.5 Å². The third-order valence-corrected chi connectivity index (χ3v) is 1.68. The molecule has 1 aromatic rings. The summed E-state index contributed by atoms with van der Waals surface area (Å²) in [5, 5.41) is 2.87. The molecule has 0 aromatic carbocycles. The van der Waals surface area contributed by atoms with Gasteiger partial charge in [0.25, 0.3) is 5.91 Å². The Kier molecular flexibility index (Phi) is 3.41. The van der Waals surface area contributed by atoms with Crippen LogP contribution in [-0.2, 0) is 0 Å². The van der Waals surface area contributed by atoms with Crippen LogP contribution in [0.1, 0.15) is 17.0 Å². The van der Waals surface area contributed by atoms with Crippen LogP contribution in [0.2, 0.25) is 5.02 Å². The first-order valence-corrected chi connectivity index (χ1v) is 4.08. The van der Waals surface area contributed by atoms with Gasteiger partial charge in [-0.1, -0.05) is 11.6 Å². The van der Waals surface area contributed by atoms with E-state index in [0.717, 1.165) is 0 Å². The summed E-state index contributed by atoms with van der Waals surface area (Å²) in [6, 6.07) is 1.51. The van der Waals surface area contributed by atoms with E-state index in [9.17, 15) is 4.79 Å². The summed E-state index contributed by atoms with van der Waals surface area (Å²) in [5.74, 6) is 2.19. The summed E-state index contributed by atoms with van der Waals surface area (Å²) in [6.07, 6.45) is 6.86. The number of hydrogen-bond acceptors (Lipinski definition) is 2. The standard InChI is InChI=1S/C9H8ClNO2/c1-2-3-5-11-9(12)8-7(10)4-6-13-8/h1,4,6H,3,5H2,(H,11,12). The Labute approximate surface area is 81.1 Å². The predicted molar refractivity (Wildman–Crippen MR) is 49.5 cm³/mol. The van der Waals surface area contributed by atoms with E-state index in [2.05, 4.69) is 11.2 Å². The minimum absolute atomic E-state index is 0.124. The average Bonchev–Trinajstić information content (AvgIpc) is 2.52. The number of carbonyl (C=O) groups excluding carboxylic acids is 1. The molecule has 0 spiro atoms. The quantitative estimate of drug-likeness (QED) is 0.592. The summed E-state index contributed by atoms with van der Waals surface area (Å²) in [6.45, 7) is 0.423. The number of furan rings is 1. The molecule has 4 heteroatoms. The van der Waals surface area contributed by atoms with Crippen molar-refractivity contribution in [3.05, 3.63) is 23.1 Å². The fourth-order valence-electron chi connectivity index (χ4n) is 0.784. The molecular formula is C9H8ClNO2. The Morgan fingerprint density at radius 2 is 2.54 bits per heavy atom. The second kappa shape index (κ2) is 4.58. The van der Waals surface area contributed by atoms with E-state index in [4.69, 9.17) is 22.4 Å². The zero-order valence-electron chi connectivity index (χ0n) is 6.84. The molecule has 0 fully saturated rings. The zero-order valence-corrected chi connectivity index (χ0v) is 7.60. The minimum Gasteiger partial charge on any atom is -0.458 e. The van der Waals surface area contributed by atoms with Crippen LogP contribution in [0, 0.1) is 12.3 Å². The molecule has 1 aromatic heterocycles. The molecule has 0 radical (unpaired) electrons. The molecule has 68 valence electrons. The second-order valence-electron chi connectivity index (χ2n) is 2.31. The lowest BCUT2D eigenvalue weighted by atomic mass is 10.4. The van der Waals surface area contributed by atoms with Gasteiger partial charge in [0.1, 0.15) is 0 Å². The first-order valence-electron chi connectivity index (χ1n) is 3.70. The largest absolute Gasteiger partial charge is 0.458 e. The third-order valence-electron chi connectivity index (χ3n) is 1.38. The molecule has 0 aliphatic heterocycles. The Balaban J connectivity index is 2.50. The molecule has 0 aliphatic rings. The van der Waals surface area contributed by atoms with Gasteiger partial charge in [-0.25, -0.2) is 0 Å². The van der Waals surface area contributed by atoms with Gasteiger partial charge in [0.15, 0.2) is 0 Å². The van der Waals surface area contributed by atoms with Crippen molar-refractivity contribution in [3.63, 3.8) is 0 Å². The SMILES string of the molecule is C#CCCNC(=O)c1occc1Cl. The van der Waals surface area contributed by atoms with E-state index < -0.39 is 0 Å². The van der Waals surface area contributed by atoms with Crippen LogP contribution in [0.3, 0.4) is 0 Å². The summed E-state index contributed by atoms with van der Waals surface area (Å²) >= 11 is 5.65. The normalized spacial score (nSPS) is 9.23. The fourth-order valence-corrected chi connectivity index (χ4v) is 0.966. The van der Waals surface area contributed by atoms with E-state index in [1.807, 2.05) is 0 Å². The molecule has 1 N–H and O–H groups in total. The summed E-state index contributed by atoms with van der Waals surface area (Å²) in [7, 11) is 0. The lowest BCUT2D eigenvalue weighted by Crippen LogP contribution is -2.23. The molecule has 1 heterocycles. The van der Waals surface area contributed by atoms with Crippen molar-refractivity contribution < 1.29 is 9.21 Å². The minimum atomic E-state index is -0.342. The van der Waals surface area contributed by atoms with Crippen molar-refractivity contribution in [3.8, 4) is 12.3 Å². The molecular weight excluding hydrogens is 190 g/mol. The number of carbonyl (C=O) groups is 1. The lowest BCUT2D eigenvalue weighted by molar-refractivity contribution is 0.0927. The number of amides is 1. The maximum absolute atomic E-state index is 11.2. The van der Waals surface area contributed by atoms with Gasteiger partial charge in [0, 0.05) is 13.0 Å². The predicted octanol–water partition coefficient (Wildman–Crippen LogP) is 1.69. The number of terminal acetylenes is 1. The smallest absolute Gasteiger partial charge is 0.288 e. The van der Waals surface area contributed by atoms with Gasteiger partial charge in [0.05, 0.1) is 11.3 Å². The Bertz CT molecular complexity index is 338. The van der Waals surface area contributed by atoms with Crippen molar-refractivity contribution in [1.29, 1.82) is 0 Å². The Morgan fingerprint density at radius 3 is 3.08 bits per heavy atom.